The summed E-state index contributed by atoms with van der Waals surface area (Å²) in [4.78, 5) is 40.2. The van der Waals surface area contributed by atoms with Crippen molar-refractivity contribution in [3.05, 3.63) is 113 Å². The molecule has 0 aliphatic carbocycles. The Bertz CT molecular complexity index is 2130. The predicted molar refractivity (Wildman–Crippen MR) is 189 cm³/mol. The van der Waals surface area contributed by atoms with E-state index in [2.05, 4.69) is 20.4 Å². The van der Waals surface area contributed by atoms with Crippen molar-refractivity contribution in [2.24, 2.45) is 5.73 Å². The summed E-state index contributed by atoms with van der Waals surface area (Å²) in [6, 6.07) is 22.8. The van der Waals surface area contributed by atoms with Gasteiger partial charge in [-0.3, -0.25) is 9.78 Å². The number of nitrogens with two attached hydrogens (primary N) is 1. The molecule has 11 nitrogen and oxygen atoms in total. The van der Waals surface area contributed by atoms with E-state index in [1.54, 1.807) is 29.4 Å². The lowest BCUT2D eigenvalue weighted by Gasteiger charge is -2.27. The molecule has 49 heavy (non-hydrogen) atoms. The van der Waals surface area contributed by atoms with Crippen LogP contribution in [0.4, 0.5) is 10.6 Å². The van der Waals surface area contributed by atoms with Gasteiger partial charge in [-0.05, 0) is 56.2 Å². The largest absolute Gasteiger partial charge is 0.444 e. The van der Waals surface area contributed by atoms with E-state index in [0.29, 0.717) is 59.6 Å². The molecular weight excluding hydrogens is 642 g/mol. The smallest absolute Gasteiger partial charge is 0.410 e. The first-order chi connectivity index (χ1) is 23.5. The molecule has 0 bridgehead atoms. The van der Waals surface area contributed by atoms with Crippen molar-refractivity contribution in [2.75, 3.05) is 18.4 Å². The van der Waals surface area contributed by atoms with Gasteiger partial charge in [0.2, 0.25) is 11.8 Å². The third-order valence-electron chi connectivity index (χ3n) is 7.77. The summed E-state index contributed by atoms with van der Waals surface area (Å²) in [7, 11) is 0. The van der Waals surface area contributed by atoms with Gasteiger partial charge < -0.3 is 25.2 Å². The molecule has 0 saturated carbocycles. The van der Waals surface area contributed by atoms with Crippen molar-refractivity contribution in [1.29, 1.82) is 0 Å². The number of aromatic nitrogens is 4. The van der Waals surface area contributed by atoms with Crippen LogP contribution in [0.5, 0.6) is 0 Å². The fourth-order valence-corrected chi connectivity index (χ4v) is 5.76. The quantitative estimate of drug-likeness (QED) is 0.136. The Morgan fingerprint density at radius 2 is 1.78 bits per heavy atom. The van der Waals surface area contributed by atoms with Crippen LogP contribution in [0.15, 0.2) is 89.7 Å². The number of fused-ring (bicyclic) bond motifs is 3. The van der Waals surface area contributed by atoms with Gasteiger partial charge in [-0.15, -0.1) is 0 Å². The number of benzene rings is 3. The lowest BCUT2D eigenvalue weighted by molar-refractivity contribution is 0.0232. The first kappa shape index (κ1) is 33.4. The molecule has 250 valence electrons. The number of carbonyl (C=O) groups excluding carboxylic acids is 2. The highest BCUT2D eigenvalue weighted by Crippen LogP contribution is 2.30. The van der Waals surface area contributed by atoms with Crippen LogP contribution in [-0.4, -0.2) is 55.7 Å². The number of rotatable bonds is 11. The van der Waals surface area contributed by atoms with Crippen molar-refractivity contribution in [3.8, 4) is 11.1 Å². The molecule has 6 rings (SSSR count). The fourth-order valence-electron chi connectivity index (χ4n) is 5.44. The SMILES string of the molecule is CC(C)(C)OC(=O)N(CCc1nc(CCNc2nc3cc(C(N)=O)ccc3c3cnccc23)no1)Cc1ccc(-c2ccccc2)c(Cl)c1. The second-order valence-electron chi connectivity index (χ2n) is 12.6. The standard InChI is InChI=1S/C37H36ClN7O4/c1-37(2,3)48-36(47)45(22-23-9-11-26(30(38)19-23)24-7-5-4-6-8-24)18-15-33-43-32(44-49-33)14-17-41-35-28-13-16-40-21-29(28)27-12-10-25(34(39)46)20-31(27)42-35/h4-13,16,19-21H,14-15,17-18,22H2,1-3H3,(H2,39,46)(H,41,42). The zero-order valence-corrected chi connectivity index (χ0v) is 28.2. The van der Waals surface area contributed by atoms with Gasteiger partial charge >= 0.3 is 6.09 Å². The zero-order chi connectivity index (χ0) is 34.5. The molecule has 0 aliphatic rings. The normalized spacial score (nSPS) is 11.5. The highest BCUT2D eigenvalue weighted by molar-refractivity contribution is 6.33. The molecule has 3 N–H and O–H groups in total. The van der Waals surface area contributed by atoms with Gasteiger partial charge in [-0.1, -0.05) is 65.3 Å². The highest BCUT2D eigenvalue weighted by Gasteiger charge is 2.23. The van der Waals surface area contributed by atoms with Gasteiger partial charge in [0.25, 0.3) is 0 Å². The lowest BCUT2D eigenvalue weighted by Crippen LogP contribution is -2.37. The van der Waals surface area contributed by atoms with E-state index in [9.17, 15) is 9.59 Å². The van der Waals surface area contributed by atoms with Gasteiger partial charge in [0.1, 0.15) is 11.4 Å². The van der Waals surface area contributed by atoms with Crippen LogP contribution in [0.2, 0.25) is 5.02 Å². The number of nitrogens with one attached hydrogen (secondary N) is 1. The minimum Gasteiger partial charge on any atom is -0.444 e. The van der Waals surface area contributed by atoms with Crippen molar-refractivity contribution in [3.63, 3.8) is 0 Å². The van der Waals surface area contributed by atoms with Gasteiger partial charge in [0, 0.05) is 77.2 Å². The van der Waals surface area contributed by atoms with Crippen LogP contribution in [0, 0.1) is 0 Å². The van der Waals surface area contributed by atoms with Gasteiger partial charge in [0.15, 0.2) is 5.82 Å². The Balaban J connectivity index is 1.12. The molecule has 3 aromatic carbocycles. The maximum atomic E-state index is 13.2. The first-order valence-corrected chi connectivity index (χ1v) is 16.3. The Hall–Kier alpha value is -5.55. The monoisotopic (exact) mass is 677 g/mol. The average Bonchev–Trinajstić information content (AvgIpc) is 3.53. The molecule has 0 aliphatic heterocycles. The molecule has 6 aromatic rings. The molecule has 3 aromatic heterocycles. The van der Waals surface area contributed by atoms with Crippen molar-refractivity contribution < 1.29 is 18.8 Å². The van der Waals surface area contributed by atoms with Crippen LogP contribution in [-0.2, 0) is 24.1 Å². The summed E-state index contributed by atoms with van der Waals surface area (Å²) < 4.78 is 11.2. The highest BCUT2D eigenvalue weighted by atomic mass is 35.5. The van der Waals surface area contributed by atoms with E-state index in [1.807, 2.05) is 81.4 Å². The number of amides is 2. The number of hydrogen-bond donors (Lipinski definition) is 2. The first-order valence-electron chi connectivity index (χ1n) is 15.9. The molecule has 0 unspecified atom stereocenters. The number of anilines is 1. The van der Waals surface area contributed by atoms with E-state index in [1.165, 1.54) is 0 Å². The molecular formula is C37H36ClN7O4. The molecule has 0 spiro atoms. The van der Waals surface area contributed by atoms with Crippen LogP contribution < -0.4 is 11.1 Å². The molecule has 0 radical (unpaired) electrons. The number of hydrogen-bond acceptors (Lipinski definition) is 9. The number of carbonyl (C=O) groups is 2. The Morgan fingerprint density at radius 1 is 0.959 bits per heavy atom. The number of primary amides is 1. The van der Waals surface area contributed by atoms with E-state index in [-0.39, 0.29) is 6.54 Å². The molecule has 3 heterocycles. The summed E-state index contributed by atoms with van der Waals surface area (Å²) in [5, 5.41) is 10.8. The molecule has 0 atom stereocenters. The number of halogens is 1. The number of nitrogens with zero attached hydrogens (tertiary/aromatic N) is 5. The van der Waals surface area contributed by atoms with Gasteiger partial charge in [0.05, 0.1) is 5.52 Å². The third-order valence-corrected chi connectivity index (χ3v) is 8.08. The van der Waals surface area contributed by atoms with E-state index >= 15 is 0 Å². The van der Waals surface area contributed by atoms with Gasteiger partial charge in [-0.25, -0.2) is 9.78 Å². The van der Waals surface area contributed by atoms with Gasteiger partial charge in [-0.2, -0.15) is 4.98 Å². The van der Waals surface area contributed by atoms with Crippen LogP contribution in [0.1, 0.15) is 48.4 Å². The third kappa shape index (κ3) is 8.13. The van der Waals surface area contributed by atoms with Crippen molar-refractivity contribution in [1.82, 2.24) is 25.0 Å². The average molecular weight is 678 g/mol. The summed E-state index contributed by atoms with van der Waals surface area (Å²) in [5.74, 6) is 1.03. The summed E-state index contributed by atoms with van der Waals surface area (Å²) in [6.45, 7) is 6.54. The van der Waals surface area contributed by atoms with E-state index in [4.69, 9.17) is 31.6 Å². The van der Waals surface area contributed by atoms with E-state index < -0.39 is 17.6 Å². The molecule has 0 fully saturated rings. The topological polar surface area (TPSA) is 149 Å². The number of pyridine rings is 2. The predicted octanol–water partition coefficient (Wildman–Crippen LogP) is 7.22. The van der Waals surface area contributed by atoms with Crippen molar-refractivity contribution >= 4 is 51.1 Å². The Labute approximate surface area is 288 Å². The molecule has 2 amide bonds. The second kappa shape index (κ2) is 14.3. The summed E-state index contributed by atoms with van der Waals surface area (Å²) in [5.41, 5.74) is 8.64. The van der Waals surface area contributed by atoms with Crippen LogP contribution in [0.3, 0.4) is 0 Å². The summed E-state index contributed by atoms with van der Waals surface area (Å²) in [6.07, 6.45) is 3.82. The minimum atomic E-state index is -0.666. The molecule has 0 saturated heterocycles. The maximum Gasteiger partial charge on any atom is 0.410 e. The Kier molecular flexibility index (Phi) is 9.72. The summed E-state index contributed by atoms with van der Waals surface area (Å²) >= 11 is 6.67. The van der Waals surface area contributed by atoms with Crippen LogP contribution in [0.25, 0.3) is 32.8 Å². The Morgan fingerprint density at radius 3 is 2.53 bits per heavy atom. The van der Waals surface area contributed by atoms with Crippen molar-refractivity contribution in [2.45, 2.75) is 45.8 Å². The lowest BCUT2D eigenvalue weighted by atomic mass is 10.0. The second-order valence-corrected chi connectivity index (χ2v) is 13.0. The minimum absolute atomic E-state index is 0.289. The maximum absolute atomic E-state index is 13.2. The molecule has 12 heteroatoms. The zero-order valence-electron chi connectivity index (χ0n) is 27.4. The van der Waals surface area contributed by atoms with Crippen LogP contribution >= 0.6 is 11.6 Å². The van der Waals surface area contributed by atoms with E-state index in [0.717, 1.165) is 32.8 Å². The number of ether oxygens (including phenoxy) is 1. The fraction of sp³-hybridized carbons (Fsp3) is 0.243.